The highest BCUT2D eigenvalue weighted by molar-refractivity contribution is 6.41. The zero-order chi connectivity index (χ0) is 22.5. The van der Waals surface area contributed by atoms with Gasteiger partial charge in [0.05, 0.1) is 42.4 Å². The monoisotopic (exact) mass is 422 g/mol. The number of ketones is 2. The topological polar surface area (TPSA) is 96.7 Å². The number of benzene rings is 2. The number of hydrogen-bond donors (Lipinski definition) is 0. The number of aromatic nitrogens is 2. The maximum atomic E-state index is 12.7. The van der Waals surface area contributed by atoms with Crippen LogP contribution in [0.4, 0.5) is 0 Å². The molecule has 0 fully saturated rings. The summed E-state index contributed by atoms with van der Waals surface area (Å²) in [5.41, 5.74) is 2.04. The Morgan fingerprint density at radius 2 is 1.68 bits per heavy atom. The van der Waals surface area contributed by atoms with Crippen LogP contribution in [0.5, 0.6) is 11.5 Å². The van der Waals surface area contributed by atoms with Crippen LogP contribution >= 0.6 is 0 Å². The number of nitrogens with zero attached hydrogens (tertiary/aromatic N) is 2. The van der Waals surface area contributed by atoms with Crippen molar-refractivity contribution >= 4 is 17.5 Å². The van der Waals surface area contributed by atoms with Crippen molar-refractivity contribution in [3.8, 4) is 17.2 Å². The number of hydrogen-bond acceptors (Lipinski definition) is 7. The van der Waals surface area contributed by atoms with E-state index in [1.54, 1.807) is 30.7 Å². The molecule has 31 heavy (non-hydrogen) atoms. The second kappa shape index (κ2) is 9.25. The van der Waals surface area contributed by atoms with Crippen LogP contribution in [0.2, 0.25) is 0 Å². The SMILES string of the molecule is COc1ccc(C(=O)COC(=O)C(=O)c2c(C)nn(-c3ccccc3)c2C)c(OC)c1. The van der Waals surface area contributed by atoms with E-state index in [0.717, 1.165) is 5.69 Å². The van der Waals surface area contributed by atoms with E-state index in [0.29, 0.717) is 17.1 Å². The van der Waals surface area contributed by atoms with Gasteiger partial charge in [0.25, 0.3) is 5.78 Å². The highest BCUT2D eigenvalue weighted by Gasteiger charge is 2.27. The van der Waals surface area contributed by atoms with Gasteiger partial charge in [0.1, 0.15) is 11.5 Å². The molecule has 160 valence electrons. The minimum atomic E-state index is -1.13. The molecule has 0 aliphatic heterocycles. The minimum Gasteiger partial charge on any atom is -0.497 e. The van der Waals surface area contributed by atoms with Gasteiger partial charge in [0.2, 0.25) is 5.78 Å². The molecule has 0 N–H and O–H groups in total. The molecule has 3 aromatic rings. The number of rotatable bonds is 8. The van der Waals surface area contributed by atoms with Crippen LogP contribution in [0, 0.1) is 13.8 Å². The van der Waals surface area contributed by atoms with Crippen molar-refractivity contribution in [2.24, 2.45) is 0 Å². The van der Waals surface area contributed by atoms with E-state index >= 15 is 0 Å². The van der Waals surface area contributed by atoms with Crippen molar-refractivity contribution in [1.82, 2.24) is 9.78 Å². The molecule has 0 bridgehead atoms. The molecule has 0 spiro atoms. The van der Waals surface area contributed by atoms with Gasteiger partial charge in [0.15, 0.2) is 6.61 Å². The largest absolute Gasteiger partial charge is 0.497 e. The summed E-state index contributed by atoms with van der Waals surface area (Å²) in [5.74, 6) is -1.69. The summed E-state index contributed by atoms with van der Waals surface area (Å²) in [4.78, 5) is 37.6. The minimum absolute atomic E-state index is 0.156. The third-order valence-corrected chi connectivity index (χ3v) is 4.75. The Balaban J connectivity index is 1.74. The molecular formula is C23H22N2O6. The van der Waals surface area contributed by atoms with Crippen molar-refractivity contribution in [3.05, 3.63) is 71.0 Å². The van der Waals surface area contributed by atoms with E-state index < -0.39 is 24.1 Å². The first-order chi connectivity index (χ1) is 14.9. The Labute approximate surface area is 179 Å². The van der Waals surface area contributed by atoms with Gasteiger partial charge < -0.3 is 14.2 Å². The second-order valence-electron chi connectivity index (χ2n) is 6.69. The van der Waals surface area contributed by atoms with E-state index in [-0.39, 0.29) is 16.9 Å². The molecule has 0 saturated heterocycles. The van der Waals surface area contributed by atoms with Crippen LogP contribution in [-0.4, -0.2) is 48.1 Å². The number of para-hydroxylation sites is 1. The molecule has 2 aromatic carbocycles. The Bertz CT molecular complexity index is 1130. The normalized spacial score (nSPS) is 10.5. The zero-order valence-corrected chi connectivity index (χ0v) is 17.7. The molecule has 3 rings (SSSR count). The summed E-state index contributed by atoms with van der Waals surface area (Å²) in [5, 5.41) is 4.36. The van der Waals surface area contributed by atoms with E-state index in [4.69, 9.17) is 14.2 Å². The maximum absolute atomic E-state index is 12.7. The summed E-state index contributed by atoms with van der Waals surface area (Å²) < 4.78 is 16.9. The molecule has 0 saturated carbocycles. The first kappa shape index (κ1) is 21.8. The van der Waals surface area contributed by atoms with E-state index in [1.807, 2.05) is 30.3 Å². The van der Waals surface area contributed by atoms with Gasteiger partial charge in [0, 0.05) is 6.07 Å². The highest BCUT2D eigenvalue weighted by atomic mass is 16.5. The summed E-state index contributed by atoms with van der Waals surface area (Å²) in [6.45, 7) is 2.74. The molecule has 0 aliphatic rings. The smallest absolute Gasteiger partial charge is 0.380 e. The van der Waals surface area contributed by atoms with E-state index in [1.165, 1.54) is 20.3 Å². The van der Waals surface area contributed by atoms with Crippen molar-refractivity contribution in [1.29, 1.82) is 0 Å². The number of ether oxygens (including phenoxy) is 3. The van der Waals surface area contributed by atoms with Crippen LogP contribution < -0.4 is 9.47 Å². The third-order valence-electron chi connectivity index (χ3n) is 4.75. The highest BCUT2D eigenvalue weighted by Crippen LogP contribution is 2.25. The lowest BCUT2D eigenvalue weighted by molar-refractivity contribution is -0.137. The van der Waals surface area contributed by atoms with Gasteiger partial charge in [-0.1, -0.05) is 18.2 Å². The Hall–Kier alpha value is -3.94. The third kappa shape index (κ3) is 4.48. The first-order valence-electron chi connectivity index (χ1n) is 9.45. The molecular weight excluding hydrogens is 400 g/mol. The van der Waals surface area contributed by atoms with Crippen molar-refractivity contribution in [2.45, 2.75) is 13.8 Å². The number of carbonyl (C=O) groups excluding carboxylic acids is 3. The van der Waals surface area contributed by atoms with Crippen LogP contribution in [0.15, 0.2) is 48.5 Å². The summed E-state index contributed by atoms with van der Waals surface area (Å²) in [6.07, 6.45) is 0. The molecule has 0 aliphatic carbocycles. The fourth-order valence-electron chi connectivity index (χ4n) is 3.20. The van der Waals surface area contributed by atoms with Gasteiger partial charge >= 0.3 is 5.97 Å². The molecule has 0 radical (unpaired) electrons. The van der Waals surface area contributed by atoms with Gasteiger partial charge in [-0.2, -0.15) is 5.10 Å². The Kier molecular flexibility index (Phi) is 6.49. The fourth-order valence-corrected chi connectivity index (χ4v) is 3.20. The number of methoxy groups -OCH3 is 2. The van der Waals surface area contributed by atoms with Gasteiger partial charge in [-0.05, 0) is 38.1 Å². The summed E-state index contributed by atoms with van der Waals surface area (Å²) in [7, 11) is 2.91. The van der Waals surface area contributed by atoms with E-state index in [2.05, 4.69) is 5.10 Å². The van der Waals surface area contributed by atoms with Crippen LogP contribution in [0.1, 0.15) is 32.1 Å². The summed E-state index contributed by atoms with van der Waals surface area (Å²) in [6, 6.07) is 13.9. The zero-order valence-electron chi connectivity index (χ0n) is 17.7. The number of Topliss-reactive ketones (excluding diaryl/α,β-unsaturated/α-hetero) is 2. The van der Waals surface area contributed by atoms with Crippen molar-refractivity contribution < 1.29 is 28.6 Å². The molecule has 0 amide bonds. The lowest BCUT2D eigenvalue weighted by Gasteiger charge is -2.10. The molecule has 8 nitrogen and oxygen atoms in total. The first-order valence-corrected chi connectivity index (χ1v) is 9.45. The van der Waals surface area contributed by atoms with Gasteiger partial charge in [-0.15, -0.1) is 0 Å². The van der Waals surface area contributed by atoms with Crippen molar-refractivity contribution in [3.63, 3.8) is 0 Å². The molecule has 0 unspecified atom stereocenters. The molecule has 1 aromatic heterocycles. The molecule has 1 heterocycles. The lowest BCUT2D eigenvalue weighted by atomic mass is 10.1. The van der Waals surface area contributed by atoms with Crippen molar-refractivity contribution in [2.75, 3.05) is 20.8 Å². The fraction of sp³-hybridized carbons (Fsp3) is 0.217. The molecule has 0 atom stereocenters. The predicted octanol–water partition coefficient (Wildman–Crippen LogP) is 3.12. The average Bonchev–Trinajstić information content (AvgIpc) is 3.10. The number of esters is 1. The van der Waals surface area contributed by atoms with Crippen LogP contribution in [0.3, 0.4) is 0 Å². The second-order valence-corrected chi connectivity index (χ2v) is 6.69. The Morgan fingerprint density at radius 1 is 0.968 bits per heavy atom. The summed E-state index contributed by atoms with van der Waals surface area (Å²) >= 11 is 0. The average molecular weight is 422 g/mol. The quantitative estimate of drug-likeness (QED) is 0.313. The maximum Gasteiger partial charge on any atom is 0.380 e. The van der Waals surface area contributed by atoms with Crippen LogP contribution in [-0.2, 0) is 9.53 Å². The lowest BCUT2D eigenvalue weighted by Crippen LogP contribution is -2.22. The Morgan fingerprint density at radius 3 is 2.32 bits per heavy atom. The number of aryl methyl sites for hydroxylation is 1. The van der Waals surface area contributed by atoms with Gasteiger partial charge in [-0.25, -0.2) is 9.48 Å². The number of carbonyl (C=O) groups is 3. The van der Waals surface area contributed by atoms with Crippen LogP contribution in [0.25, 0.3) is 5.69 Å². The predicted molar refractivity (Wildman–Crippen MR) is 112 cm³/mol. The van der Waals surface area contributed by atoms with Gasteiger partial charge in [-0.3, -0.25) is 9.59 Å². The standard InChI is InChI=1S/C23H22N2O6/c1-14-21(15(2)25(24-14)16-8-6-5-7-9-16)22(27)23(28)31-13-19(26)18-11-10-17(29-3)12-20(18)30-4/h5-12H,13H2,1-4H3. The molecule has 8 heteroatoms. The van der Waals surface area contributed by atoms with E-state index in [9.17, 15) is 14.4 Å².